The number of likely N-dealkylation sites (tertiary alicyclic amines) is 1. The van der Waals surface area contributed by atoms with Gasteiger partial charge < -0.3 is 24.9 Å². The van der Waals surface area contributed by atoms with Crippen molar-refractivity contribution in [3.8, 4) is 16.9 Å². The second kappa shape index (κ2) is 11.8. The highest BCUT2D eigenvalue weighted by Gasteiger charge is 2.32. The van der Waals surface area contributed by atoms with Crippen LogP contribution in [-0.2, 0) is 9.63 Å². The van der Waals surface area contributed by atoms with Crippen LogP contribution in [0.5, 0.6) is 5.75 Å². The Morgan fingerprint density at radius 3 is 2.56 bits per heavy atom. The highest BCUT2D eigenvalue weighted by Crippen LogP contribution is 2.35. The van der Waals surface area contributed by atoms with Crippen molar-refractivity contribution in [1.82, 2.24) is 10.2 Å². The van der Waals surface area contributed by atoms with Gasteiger partial charge in [-0.15, -0.1) is 0 Å². The molecule has 2 fully saturated rings. The number of nitrogens with one attached hydrogen (secondary N) is 1. The van der Waals surface area contributed by atoms with Crippen LogP contribution in [-0.4, -0.2) is 53.4 Å². The number of carbonyl (C=O) groups is 1. The zero-order valence-electron chi connectivity index (χ0n) is 22.9. The molecule has 0 radical (unpaired) electrons. The van der Waals surface area contributed by atoms with Crippen LogP contribution in [0.3, 0.4) is 0 Å². The van der Waals surface area contributed by atoms with Crippen LogP contribution >= 0.6 is 11.6 Å². The molecular formula is C32H33ClFN3O4. The minimum absolute atomic E-state index is 0.147. The molecule has 2 heterocycles. The number of aliphatic hydroxyl groups is 1. The van der Waals surface area contributed by atoms with E-state index in [-0.39, 0.29) is 23.7 Å². The van der Waals surface area contributed by atoms with Crippen molar-refractivity contribution in [2.24, 2.45) is 5.16 Å². The van der Waals surface area contributed by atoms with Crippen molar-refractivity contribution in [3.05, 3.63) is 88.2 Å². The van der Waals surface area contributed by atoms with Gasteiger partial charge in [-0.05, 0) is 92.7 Å². The molecule has 0 aromatic heterocycles. The Morgan fingerprint density at radius 2 is 1.85 bits per heavy atom. The summed E-state index contributed by atoms with van der Waals surface area (Å²) in [6, 6.07) is 16.6. The van der Waals surface area contributed by atoms with Crippen molar-refractivity contribution in [2.45, 2.75) is 57.0 Å². The van der Waals surface area contributed by atoms with Gasteiger partial charge in [-0.25, -0.2) is 4.39 Å². The summed E-state index contributed by atoms with van der Waals surface area (Å²) in [5, 5.41) is 19.1. The maximum Gasteiger partial charge on any atom is 0.274 e. The van der Waals surface area contributed by atoms with E-state index in [1.807, 2.05) is 25.1 Å². The number of hydrogen-bond acceptors (Lipinski definition) is 6. The summed E-state index contributed by atoms with van der Waals surface area (Å²) in [5.41, 5.74) is 3.95. The molecule has 1 unspecified atom stereocenters. The Labute approximate surface area is 243 Å². The summed E-state index contributed by atoms with van der Waals surface area (Å²) in [4.78, 5) is 21.6. The lowest BCUT2D eigenvalue weighted by molar-refractivity contribution is -0.116. The first kappa shape index (κ1) is 27.7. The van der Waals surface area contributed by atoms with E-state index in [0.29, 0.717) is 28.4 Å². The minimum atomic E-state index is -1.00. The summed E-state index contributed by atoms with van der Waals surface area (Å²) in [6.07, 6.45) is 3.04. The smallest absolute Gasteiger partial charge is 0.274 e. The molecule has 2 aliphatic heterocycles. The molecule has 1 amide bonds. The van der Waals surface area contributed by atoms with Gasteiger partial charge in [0, 0.05) is 17.7 Å². The molecule has 3 aliphatic rings. The highest BCUT2D eigenvalue weighted by atomic mass is 35.5. The number of halogens is 2. The molecule has 6 rings (SSSR count). The fourth-order valence-electron chi connectivity index (χ4n) is 5.44. The second-order valence-corrected chi connectivity index (χ2v) is 11.4. The number of hydrogen-bond donors (Lipinski definition) is 2. The maximum atomic E-state index is 13.7. The van der Waals surface area contributed by atoms with Crippen molar-refractivity contribution >= 4 is 23.2 Å². The van der Waals surface area contributed by atoms with Gasteiger partial charge in [-0.3, -0.25) is 4.79 Å². The molecule has 0 bridgehead atoms. The summed E-state index contributed by atoms with van der Waals surface area (Å²) in [6.45, 7) is 4.16. The number of aliphatic hydroxyl groups excluding tert-OH is 1. The average Bonchev–Trinajstić information content (AvgIpc) is 3.65. The van der Waals surface area contributed by atoms with Crippen LogP contribution in [0.25, 0.3) is 11.1 Å². The van der Waals surface area contributed by atoms with Crippen LogP contribution in [0.2, 0.25) is 5.02 Å². The van der Waals surface area contributed by atoms with Gasteiger partial charge >= 0.3 is 0 Å². The highest BCUT2D eigenvalue weighted by molar-refractivity contribution is 6.45. The van der Waals surface area contributed by atoms with Gasteiger partial charge in [0.05, 0.1) is 17.2 Å². The van der Waals surface area contributed by atoms with Crippen LogP contribution < -0.4 is 10.1 Å². The molecule has 0 spiro atoms. The number of oxime groups is 1. The first-order valence-electron chi connectivity index (χ1n) is 14.2. The number of amides is 1. The quantitative estimate of drug-likeness (QED) is 0.336. The molecule has 214 valence electrons. The van der Waals surface area contributed by atoms with E-state index >= 15 is 0 Å². The molecule has 1 aliphatic carbocycles. The molecule has 7 nitrogen and oxygen atoms in total. The molecule has 2 N–H and O–H groups in total. The largest absolute Gasteiger partial charge is 0.489 e. The molecule has 3 aromatic rings. The first-order chi connectivity index (χ1) is 19.9. The lowest BCUT2D eigenvalue weighted by Crippen LogP contribution is -2.49. The van der Waals surface area contributed by atoms with Gasteiger partial charge in [-0.2, -0.15) is 0 Å². The van der Waals surface area contributed by atoms with E-state index in [9.17, 15) is 14.3 Å². The molecule has 1 saturated heterocycles. The number of rotatable bonds is 9. The van der Waals surface area contributed by atoms with E-state index < -0.39 is 18.1 Å². The predicted molar refractivity (Wildman–Crippen MR) is 156 cm³/mol. The van der Waals surface area contributed by atoms with Crippen molar-refractivity contribution in [3.63, 3.8) is 0 Å². The predicted octanol–water partition coefficient (Wildman–Crippen LogP) is 5.80. The van der Waals surface area contributed by atoms with Gasteiger partial charge in [-0.1, -0.05) is 47.1 Å². The first-order valence-corrected chi connectivity index (χ1v) is 14.5. The number of nitrogens with zero attached hydrogens (tertiary/aromatic N) is 2. The van der Waals surface area contributed by atoms with Gasteiger partial charge in [0.2, 0.25) is 0 Å². The Kier molecular flexibility index (Phi) is 7.97. The van der Waals surface area contributed by atoms with E-state index in [2.05, 4.69) is 15.4 Å². The maximum absolute atomic E-state index is 13.7. The fourth-order valence-corrected chi connectivity index (χ4v) is 5.67. The molecular weight excluding hydrogens is 545 g/mol. The van der Waals surface area contributed by atoms with Crippen LogP contribution in [0.15, 0.2) is 65.8 Å². The Bertz CT molecular complexity index is 1450. The normalized spacial score (nSPS) is 20.0. The minimum Gasteiger partial charge on any atom is -0.489 e. The topological polar surface area (TPSA) is 83.4 Å². The van der Waals surface area contributed by atoms with Gasteiger partial charge in [0.1, 0.15) is 17.7 Å². The SMILES string of the molecule is CC1ON=C(C(=O)N[C@H](CN2CCCC2)[C@H](O)c2ccc(OC3CC3)c(Cl)c2)c2ccc(-c3ccc(F)cc3)cc21. The number of fused-ring (bicyclic) bond motifs is 1. The number of carbonyl (C=O) groups excluding carboxylic acids is 1. The second-order valence-electron chi connectivity index (χ2n) is 11.0. The van der Waals surface area contributed by atoms with Crippen molar-refractivity contribution in [1.29, 1.82) is 0 Å². The Balaban J connectivity index is 1.24. The Hall–Kier alpha value is -3.46. The summed E-state index contributed by atoms with van der Waals surface area (Å²) < 4.78 is 19.3. The zero-order valence-corrected chi connectivity index (χ0v) is 23.6. The third-order valence-electron chi connectivity index (χ3n) is 7.91. The number of ether oxygens (including phenoxy) is 1. The van der Waals surface area contributed by atoms with Gasteiger partial charge in [0.25, 0.3) is 5.91 Å². The summed E-state index contributed by atoms with van der Waals surface area (Å²) in [7, 11) is 0. The zero-order chi connectivity index (χ0) is 28.5. The van der Waals surface area contributed by atoms with E-state index in [0.717, 1.165) is 55.5 Å². The monoisotopic (exact) mass is 577 g/mol. The average molecular weight is 578 g/mol. The van der Waals surface area contributed by atoms with Crippen LogP contribution in [0.4, 0.5) is 4.39 Å². The molecule has 9 heteroatoms. The van der Waals surface area contributed by atoms with Crippen LogP contribution in [0, 0.1) is 5.82 Å². The third-order valence-corrected chi connectivity index (χ3v) is 8.20. The van der Waals surface area contributed by atoms with Crippen LogP contribution in [0.1, 0.15) is 61.5 Å². The summed E-state index contributed by atoms with van der Waals surface area (Å²) >= 11 is 6.49. The Morgan fingerprint density at radius 1 is 1.12 bits per heavy atom. The standard InChI is InChI=1S/C32H33ClFN3O4/c1-19-26-16-21(20-4-8-23(34)9-5-20)6-12-25(26)30(36-41-19)32(39)35-28(18-37-14-2-3-15-37)31(38)22-7-13-29(27(33)17-22)40-24-10-11-24/h4-9,12-13,16-17,19,24,28,31,38H,2-3,10-11,14-15,18H2,1H3,(H,35,39)/t19?,28-,31-/m1/s1. The molecule has 3 aromatic carbocycles. The van der Waals surface area contributed by atoms with Gasteiger partial charge in [0.15, 0.2) is 11.8 Å². The third kappa shape index (κ3) is 6.25. The van der Waals surface area contributed by atoms with E-state index in [4.69, 9.17) is 21.2 Å². The fraction of sp³-hybridized carbons (Fsp3) is 0.375. The van der Waals surface area contributed by atoms with Crippen molar-refractivity contribution in [2.75, 3.05) is 19.6 Å². The molecule has 3 atom stereocenters. The van der Waals surface area contributed by atoms with E-state index in [1.54, 1.807) is 30.3 Å². The molecule has 41 heavy (non-hydrogen) atoms. The lowest BCUT2D eigenvalue weighted by atomic mass is 9.93. The summed E-state index contributed by atoms with van der Waals surface area (Å²) in [5.74, 6) is -0.134. The number of benzene rings is 3. The molecule has 1 saturated carbocycles. The van der Waals surface area contributed by atoms with Crippen molar-refractivity contribution < 1.29 is 23.9 Å². The van der Waals surface area contributed by atoms with E-state index in [1.165, 1.54) is 12.1 Å². The lowest BCUT2D eigenvalue weighted by Gasteiger charge is -2.30.